The lowest BCUT2D eigenvalue weighted by atomic mass is 10.1. The molecule has 0 unspecified atom stereocenters. The van der Waals surface area contributed by atoms with Gasteiger partial charge in [0.15, 0.2) is 0 Å². The van der Waals surface area contributed by atoms with Crippen LogP contribution in [0.2, 0.25) is 0 Å². The summed E-state index contributed by atoms with van der Waals surface area (Å²) >= 11 is 0. The number of carboxylic acid groups (broad SMARTS) is 1. The van der Waals surface area contributed by atoms with Gasteiger partial charge in [-0.3, -0.25) is 9.69 Å². The Labute approximate surface area is 117 Å². The summed E-state index contributed by atoms with van der Waals surface area (Å²) < 4.78 is 0. The van der Waals surface area contributed by atoms with Crippen LogP contribution in [0.15, 0.2) is 48.5 Å². The molecule has 3 N–H and O–H groups in total. The zero-order valence-electron chi connectivity index (χ0n) is 11.0. The van der Waals surface area contributed by atoms with E-state index < -0.39 is 12.0 Å². The van der Waals surface area contributed by atoms with E-state index in [0.717, 1.165) is 22.4 Å². The number of aliphatic carboxylic acids is 1. The van der Waals surface area contributed by atoms with Crippen molar-refractivity contribution in [2.24, 2.45) is 0 Å². The number of fused-ring (bicyclic) bond motifs is 1. The van der Waals surface area contributed by atoms with Gasteiger partial charge in [0.25, 0.3) is 0 Å². The lowest BCUT2D eigenvalue weighted by molar-refractivity contribution is -0.143. The number of carbonyl (C=O) groups is 1. The van der Waals surface area contributed by atoms with E-state index in [-0.39, 0.29) is 0 Å². The van der Waals surface area contributed by atoms with Crippen molar-refractivity contribution in [1.29, 1.82) is 0 Å². The van der Waals surface area contributed by atoms with Gasteiger partial charge in [0.2, 0.25) is 0 Å². The number of benzene rings is 2. The average molecular weight is 268 g/mol. The molecule has 1 atom stereocenters. The first-order chi connectivity index (χ1) is 9.66. The number of nitrogens with zero attached hydrogens (tertiary/aromatic N) is 1. The van der Waals surface area contributed by atoms with Gasteiger partial charge in [0.1, 0.15) is 6.04 Å². The number of anilines is 1. The van der Waals surface area contributed by atoms with Crippen molar-refractivity contribution in [1.82, 2.24) is 4.90 Å². The van der Waals surface area contributed by atoms with Crippen LogP contribution in [-0.4, -0.2) is 16.0 Å². The van der Waals surface area contributed by atoms with Gasteiger partial charge < -0.3 is 10.8 Å². The van der Waals surface area contributed by atoms with Gasteiger partial charge in [-0.1, -0.05) is 42.5 Å². The third-order valence-corrected chi connectivity index (χ3v) is 3.76. The molecular weight excluding hydrogens is 252 g/mol. The van der Waals surface area contributed by atoms with E-state index in [0.29, 0.717) is 13.1 Å². The summed E-state index contributed by atoms with van der Waals surface area (Å²) in [5.41, 5.74) is 9.68. The first kappa shape index (κ1) is 12.7. The largest absolute Gasteiger partial charge is 0.480 e. The summed E-state index contributed by atoms with van der Waals surface area (Å²) in [5, 5.41) is 9.56. The summed E-state index contributed by atoms with van der Waals surface area (Å²) in [4.78, 5) is 13.6. The minimum atomic E-state index is -0.831. The zero-order valence-corrected chi connectivity index (χ0v) is 11.0. The first-order valence-corrected chi connectivity index (χ1v) is 6.55. The number of nitrogens with two attached hydrogens (primary N) is 1. The molecule has 0 spiro atoms. The summed E-state index contributed by atoms with van der Waals surface area (Å²) in [7, 11) is 0. The molecule has 20 heavy (non-hydrogen) atoms. The maximum absolute atomic E-state index is 11.7. The average Bonchev–Trinajstić information content (AvgIpc) is 2.85. The van der Waals surface area contributed by atoms with E-state index in [4.69, 9.17) is 5.73 Å². The van der Waals surface area contributed by atoms with E-state index >= 15 is 0 Å². The van der Waals surface area contributed by atoms with Gasteiger partial charge in [-0.2, -0.15) is 0 Å². The Morgan fingerprint density at radius 1 is 1.10 bits per heavy atom. The van der Waals surface area contributed by atoms with Gasteiger partial charge in [-0.25, -0.2) is 0 Å². The number of hydrogen-bond acceptors (Lipinski definition) is 3. The maximum Gasteiger partial charge on any atom is 0.325 e. The van der Waals surface area contributed by atoms with E-state index in [9.17, 15) is 9.90 Å². The third-order valence-electron chi connectivity index (χ3n) is 3.76. The highest BCUT2D eigenvalue weighted by Crippen LogP contribution is 2.34. The van der Waals surface area contributed by atoms with Crippen LogP contribution < -0.4 is 5.73 Å². The quantitative estimate of drug-likeness (QED) is 0.839. The van der Waals surface area contributed by atoms with Crippen LogP contribution in [0.5, 0.6) is 0 Å². The molecule has 1 heterocycles. The van der Waals surface area contributed by atoms with Gasteiger partial charge in [-0.15, -0.1) is 0 Å². The summed E-state index contributed by atoms with van der Waals surface area (Å²) in [6.07, 6.45) is 0. The standard InChI is InChI=1S/C16H16N2O2/c17-14-8-4-7-12-9-18(10-13(12)14)15(16(19)20)11-5-2-1-3-6-11/h1-8,15H,9-10,17H2,(H,19,20)/t15-/m0/s1. The molecule has 3 rings (SSSR count). The van der Waals surface area contributed by atoms with Gasteiger partial charge >= 0.3 is 5.97 Å². The normalized spacial score (nSPS) is 15.8. The summed E-state index contributed by atoms with van der Waals surface area (Å²) in [6.45, 7) is 1.19. The van der Waals surface area contributed by atoms with Crippen LogP contribution in [0, 0.1) is 0 Å². The molecule has 0 fully saturated rings. The number of rotatable bonds is 3. The van der Waals surface area contributed by atoms with Crippen LogP contribution in [0.4, 0.5) is 5.69 Å². The molecule has 0 aliphatic carbocycles. The minimum Gasteiger partial charge on any atom is -0.480 e. The molecular formula is C16H16N2O2. The van der Waals surface area contributed by atoms with Crippen molar-refractivity contribution in [3.63, 3.8) is 0 Å². The van der Waals surface area contributed by atoms with E-state index in [1.165, 1.54) is 0 Å². The Balaban J connectivity index is 1.93. The van der Waals surface area contributed by atoms with Crippen LogP contribution >= 0.6 is 0 Å². The second kappa shape index (κ2) is 4.98. The molecule has 4 heteroatoms. The fraction of sp³-hybridized carbons (Fsp3) is 0.188. The Kier molecular flexibility index (Phi) is 3.16. The molecule has 102 valence electrons. The third kappa shape index (κ3) is 2.14. The second-order valence-corrected chi connectivity index (χ2v) is 5.04. The molecule has 0 saturated carbocycles. The monoisotopic (exact) mass is 268 g/mol. The van der Waals surface area contributed by atoms with Crippen molar-refractivity contribution in [2.45, 2.75) is 19.1 Å². The molecule has 0 aromatic heterocycles. The fourth-order valence-electron chi connectivity index (χ4n) is 2.80. The molecule has 1 aliphatic rings. The molecule has 4 nitrogen and oxygen atoms in total. The van der Waals surface area contributed by atoms with Crippen molar-refractivity contribution in [2.75, 3.05) is 5.73 Å². The molecule has 0 bridgehead atoms. The molecule has 0 saturated heterocycles. The lowest BCUT2D eigenvalue weighted by Crippen LogP contribution is -2.29. The molecule has 1 aliphatic heterocycles. The highest BCUT2D eigenvalue weighted by molar-refractivity contribution is 5.75. The Morgan fingerprint density at radius 2 is 1.85 bits per heavy atom. The Bertz CT molecular complexity index is 640. The highest BCUT2D eigenvalue weighted by atomic mass is 16.4. The number of carboxylic acids is 1. The van der Waals surface area contributed by atoms with Crippen LogP contribution in [-0.2, 0) is 17.9 Å². The molecule has 0 amide bonds. The molecule has 2 aromatic carbocycles. The Morgan fingerprint density at radius 3 is 2.50 bits per heavy atom. The van der Waals surface area contributed by atoms with Crippen molar-refractivity contribution in [3.05, 3.63) is 65.2 Å². The Hall–Kier alpha value is -2.33. The van der Waals surface area contributed by atoms with E-state index in [1.807, 2.05) is 53.4 Å². The van der Waals surface area contributed by atoms with Crippen molar-refractivity contribution < 1.29 is 9.90 Å². The second-order valence-electron chi connectivity index (χ2n) is 5.04. The van der Waals surface area contributed by atoms with E-state index in [1.54, 1.807) is 0 Å². The van der Waals surface area contributed by atoms with Gasteiger partial charge in [-0.05, 0) is 22.8 Å². The lowest BCUT2D eigenvalue weighted by Gasteiger charge is -2.24. The predicted octanol–water partition coefficient (Wildman–Crippen LogP) is 2.41. The summed E-state index contributed by atoms with van der Waals surface area (Å²) in [6, 6.07) is 14.5. The fourth-order valence-corrected chi connectivity index (χ4v) is 2.80. The number of nitrogen functional groups attached to an aromatic ring is 1. The topological polar surface area (TPSA) is 66.6 Å². The smallest absolute Gasteiger partial charge is 0.325 e. The predicted molar refractivity (Wildman–Crippen MR) is 76.9 cm³/mol. The zero-order chi connectivity index (χ0) is 14.1. The highest BCUT2D eigenvalue weighted by Gasteiger charge is 2.32. The van der Waals surface area contributed by atoms with Crippen LogP contribution in [0.3, 0.4) is 0 Å². The van der Waals surface area contributed by atoms with Crippen LogP contribution in [0.1, 0.15) is 22.7 Å². The SMILES string of the molecule is Nc1cccc2c1CN([C@H](C(=O)O)c1ccccc1)C2. The minimum absolute atomic E-state index is 0.577. The number of hydrogen-bond donors (Lipinski definition) is 2. The van der Waals surface area contributed by atoms with Crippen LogP contribution in [0.25, 0.3) is 0 Å². The maximum atomic E-state index is 11.7. The van der Waals surface area contributed by atoms with Gasteiger partial charge in [0, 0.05) is 18.8 Å². The van der Waals surface area contributed by atoms with Gasteiger partial charge in [0.05, 0.1) is 0 Å². The first-order valence-electron chi connectivity index (χ1n) is 6.55. The van der Waals surface area contributed by atoms with E-state index in [2.05, 4.69) is 0 Å². The molecule has 0 radical (unpaired) electrons. The summed E-state index contributed by atoms with van der Waals surface area (Å²) in [5.74, 6) is -0.831. The van der Waals surface area contributed by atoms with Crippen molar-refractivity contribution >= 4 is 11.7 Å². The molecule has 2 aromatic rings. The van der Waals surface area contributed by atoms with Crippen molar-refractivity contribution in [3.8, 4) is 0 Å².